The van der Waals surface area contributed by atoms with Gasteiger partial charge in [-0.25, -0.2) is 0 Å². The number of esters is 2. The standard InChI is InChI=1S/C26H22O6/c1-29-21-11-13-23(19-9-5-3-7-17(19)21)31-25(27)15-16-26(28)32-24-14-12-22(30-2)18-8-4-6-10-20(18)24/h3-14H,15-16H2,1-2H3. The highest BCUT2D eigenvalue weighted by Gasteiger charge is 2.15. The van der Waals surface area contributed by atoms with Gasteiger partial charge in [0.1, 0.15) is 23.0 Å². The van der Waals surface area contributed by atoms with Crippen LogP contribution in [0.2, 0.25) is 0 Å². The van der Waals surface area contributed by atoms with E-state index in [1.807, 2.05) is 48.5 Å². The molecule has 0 aromatic heterocycles. The van der Waals surface area contributed by atoms with Gasteiger partial charge < -0.3 is 18.9 Å². The number of rotatable bonds is 7. The molecule has 32 heavy (non-hydrogen) atoms. The summed E-state index contributed by atoms with van der Waals surface area (Å²) in [5.41, 5.74) is 0. The lowest BCUT2D eigenvalue weighted by Gasteiger charge is -2.12. The Hall–Kier alpha value is -4.06. The van der Waals surface area contributed by atoms with Crippen molar-refractivity contribution >= 4 is 33.5 Å². The zero-order valence-electron chi connectivity index (χ0n) is 17.8. The van der Waals surface area contributed by atoms with E-state index in [0.29, 0.717) is 23.0 Å². The van der Waals surface area contributed by atoms with Crippen LogP contribution >= 0.6 is 0 Å². The average molecular weight is 430 g/mol. The first kappa shape index (κ1) is 21.2. The summed E-state index contributed by atoms with van der Waals surface area (Å²) in [7, 11) is 3.18. The van der Waals surface area contributed by atoms with Crippen LogP contribution in [0.1, 0.15) is 12.8 Å². The number of fused-ring (bicyclic) bond motifs is 2. The van der Waals surface area contributed by atoms with E-state index in [0.717, 1.165) is 21.5 Å². The van der Waals surface area contributed by atoms with Gasteiger partial charge in [0.15, 0.2) is 0 Å². The van der Waals surface area contributed by atoms with Gasteiger partial charge >= 0.3 is 11.9 Å². The third-order valence-corrected chi connectivity index (χ3v) is 5.11. The first-order valence-corrected chi connectivity index (χ1v) is 10.1. The van der Waals surface area contributed by atoms with Crippen molar-refractivity contribution in [3.05, 3.63) is 72.8 Å². The van der Waals surface area contributed by atoms with Gasteiger partial charge in [0.05, 0.1) is 27.1 Å². The van der Waals surface area contributed by atoms with Crippen molar-refractivity contribution in [2.75, 3.05) is 14.2 Å². The molecule has 6 heteroatoms. The second kappa shape index (κ2) is 9.39. The Morgan fingerprint density at radius 3 is 1.19 bits per heavy atom. The molecule has 0 bridgehead atoms. The first-order chi connectivity index (χ1) is 15.6. The minimum absolute atomic E-state index is 0.104. The molecule has 0 aliphatic heterocycles. The number of benzene rings is 4. The van der Waals surface area contributed by atoms with Gasteiger partial charge in [-0.3, -0.25) is 9.59 Å². The van der Waals surface area contributed by atoms with Crippen LogP contribution in [0.4, 0.5) is 0 Å². The van der Waals surface area contributed by atoms with Crippen molar-refractivity contribution in [1.82, 2.24) is 0 Å². The quantitative estimate of drug-likeness (QED) is 0.293. The van der Waals surface area contributed by atoms with Gasteiger partial charge in [0.25, 0.3) is 0 Å². The third kappa shape index (κ3) is 4.34. The SMILES string of the molecule is COc1ccc(OC(=O)CCC(=O)Oc2ccc(OC)c3ccccc23)c2ccccc12. The molecule has 4 aromatic carbocycles. The van der Waals surface area contributed by atoms with E-state index in [4.69, 9.17) is 18.9 Å². The van der Waals surface area contributed by atoms with Crippen LogP contribution in [-0.2, 0) is 9.59 Å². The Labute approximate surface area is 185 Å². The summed E-state index contributed by atoms with van der Waals surface area (Å²) in [4.78, 5) is 24.8. The molecule has 0 aliphatic carbocycles. The van der Waals surface area contributed by atoms with Crippen molar-refractivity contribution < 1.29 is 28.5 Å². The number of hydrogen-bond donors (Lipinski definition) is 0. The average Bonchev–Trinajstić information content (AvgIpc) is 2.83. The Morgan fingerprint density at radius 2 is 0.844 bits per heavy atom. The van der Waals surface area contributed by atoms with Crippen LogP contribution in [0, 0.1) is 0 Å². The van der Waals surface area contributed by atoms with Gasteiger partial charge in [-0.1, -0.05) is 48.5 Å². The van der Waals surface area contributed by atoms with Crippen molar-refractivity contribution in [3.8, 4) is 23.0 Å². The van der Waals surface area contributed by atoms with E-state index in [9.17, 15) is 9.59 Å². The van der Waals surface area contributed by atoms with E-state index < -0.39 is 11.9 Å². The fourth-order valence-corrected chi connectivity index (χ4v) is 3.57. The number of hydrogen-bond acceptors (Lipinski definition) is 6. The molecule has 0 atom stereocenters. The lowest BCUT2D eigenvalue weighted by Crippen LogP contribution is -2.14. The number of ether oxygens (including phenoxy) is 4. The zero-order valence-corrected chi connectivity index (χ0v) is 17.8. The monoisotopic (exact) mass is 430 g/mol. The molecule has 162 valence electrons. The predicted octanol–water partition coefficient (Wildman–Crippen LogP) is 5.30. The largest absolute Gasteiger partial charge is 0.496 e. The van der Waals surface area contributed by atoms with E-state index in [1.165, 1.54) is 0 Å². The fourth-order valence-electron chi connectivity index (χ4n) is 3.57. The Morgan fingerprint density at radius 1 is 0.531 bits per heavy atom. The topological polar surface area (TPSA) is 71.1 Å². The summed E-state index contributed by atoms with van der Waals surface area (Å²) in [6, 6.07) is 21.8. The summed E-state index contributed by atoms with van der Waals surface area (Å²) in [6.07, 6.45) is -0.208. The summed E-state index contributed by atoms with van der Waals surface area (Å²) in [5.74, 6) is 1.18. The van der Waals surface area contributed by atoms with Gasteiger partial charge in [0.2, 0.25) is 0 Å². The van der Waals surface area contributed by atoms with E-state index in [-0.39, 0.29) is 12.8 Å². The minimum Gasteiger partial charge on any atom is -0.496 e. The zero-order chi connectivity index (χ0) is 22.5. The van der Waals surface area contributed by atoms with Crippen LogP contribution < -0.4 is 18.9 Å². The van der Waals surface area contributed by atoms with Gasteiger partial charge in [0, 0.05) is 21.5 Å². The summed E-state index contributed by atoms with van der Waals surface area (Å²) in [6.45, 7) is 0. The molecule has 0 unspecified atom stereocenters. The van der Waals surface area contributed by atoms with Crippen LogP contribution in [0.25, 0.3) is 21.5 Å². The molecule has 0 fully saturated rings. The third-order valence-electron chi connectivity index (χ3n) is 5.11. The smallest absolute Gasteiger partial charge is 0.311 e. The summed E-state index contributed by atoms with van der Waals surface area (Å²) in [5, 5.41) is 3.19. The number of carbonyl (C=O) groups is 2. The molecule has 0 aliphatic rings. The summed E-state index contributed by atoms with van der Waals surface area (Å²) >= 11 is 0. The Bertz CT molecular complexity index is 1190. The minimum atomic E-state index is -0.517. The second-order valence-electron chi connectivity index (χ2n) is 7.07. The van der Waals surface area contributed by atoms with E-state index in [2.05, 4.69) is 0 Å². The van der Waals surface area contributed by atoms with Crippen molar-refractivity contribution in [1.29, 1.82) is 0 Å². The summed E-state index contributed by atoms with van der Waals surface area (Å²) < 4.78 is 21.7. The van der Waals surface area contributed by atoms with Gasteiger partial charge in [-0.05, 0) is 24.3 Å². The molecule has 4 aromatic rings. The van der Waals surface area contributed by atoms with Crippen LogP contribution in [0.15, 0.2) is 72.8 Å². The van der Waals surface area contributed by atoms with E-state index in [1.54, 1.807) is 38.5 Å². The molecule has 0 radical (unpaired) electrons. The fraction of sp³-hybridized carbons (Fsp3) is 0.154. The Kier molecular flexibility index (Phi) is 6.22. The molecule has 0 amide bonds. The number of carbonyl (C=O) groups excluding carboxylic acids is 2. The van der Waals surface area contributed by atoms with Crippen LogP contribution in [0.3, 0.4) is 0 Å². The lowest BCUT2D eigenvalue weighted by atomic mass is 10.1. The molecule has 4 rings (SSSR count). The van der Waals surface area contributed by atoms with Crippen molar-refractivity contribution in [2.24, 2.45) is 0 Å². The predicted molar refractivity (Wildman–Crippen MR) is 122 cm³/mol. The molecule has 0 N–H and O–H groups in total. The van der Waals surface area contributed by atoms with Gasteiger partial charge in [-0.2, -0.15) is 0 Å². The second-order valence-corrected chi connectivity index (χ2v) is 7.07. The van der Waals surface area contributed by atoms with Crippen LogP contribution in [0.5, 0.6) is 23.0 Å². The lowest BCUT2D eigenvalue weighted by molar-refractivity contribution is -0.140. The van der Waals surface area contributed by atoms with E-state index >= 15 is 0 Å². The molecule has 6 nitrogen and oxygen atoms in total. The van der Waals surface area contributed by atoms with Gasteiger partial charge in [-0.15, -0.1) is 0 Å². The molecule has 0 saturated heterocycles. The van der Waals surface area contributed by atoms with Crippen molar-refractivity contribution in [2.45, 2.75) is 12.8 Å². The maximum atomic E-state index is 12.4. The highest BCUT2D eigenvalue weighted by Crippen LogP contribution is 2.34. The maximum Gasteiger partial charge on any atom is 0.311 e. The first-order valence-electron chi connectivity index (χ1n) is 10.1. The maximum absolute atomic E-state index is 12.4. The molecular formula is C26H22O6. The molecule has 0 heterocycles. The van der Waals surface area contributed by atoms with Crippen LogP contribution in [-0.4, -0.2) is 26.2 Å². The number of methoxy groups -OCH3 is 2. The van der Waals surface area contributed by atoms with Crippen molar-refractivity contribution in [3.63, 3.8) is 0 Å². The molecule has 0 spiro atoms. The molecule has 0 saturated carbocycles. The Balaban J connectivity index is 1.42. The highest BCUT2D eigenvalue weighted by atomic mass is 16.5. The highest BCUT2D eigenvalue weighted by molar-refractivity contribution is 5.96. The normalized spacial score (nSPS) is 10.7. The molecular weight excluding hydrogens is 408 g/mol.